The van der Waals surface area contributed by atoms with Crippen LogP contribution in [0.15, 0.2) is 59.4 Å². The van der Waals surface area contributed by atoms with Gasteiger partial charge in [0, 0.05) is 13.5 Å². The Balaban J connectivity index is 2.10. The zero-order valence-electron chi connectivity index (χ0n) is 14.5. The first kappa shape index (κ1) is 17.4. The second-order valence-electron chi connectivity index (χ2n) is 5.78. The van der Waals surface area contributed by atoms with Crippen LogP contribution in [-0.2, 0) is 18.2 Å². The Morgan fingerprint density at radius 2 is 1.77 bits per heavy atom. The highest BCUT2D eigenvalue weighted by molar-refractivity contribution is 5.89. The zero-order valence-corrected chi connectivity index (χ0v) is 14.5. The van der Waals surface area contributed by atoms with Crippen LogP contribution in [0.2, 0.25) is 0 Å². The molecule has 132 valence electrons. The highest BCUT2D eigenvalue weighted by Gasteiger charge is 2.21. The molecule has 0 aliphatic rings. The predicted molar refractivity (Wildman–Crippen MR) is 97.2 cm³/mol. The lowest BCUT2D eigenvalue weighted by Gasteiger charge is -2.13. The highest BCUT2D eigenvalue weighted by atomic mass is 16.5. The van der Waals surface area contributed by atoms with Gasteiger partial charge >= 0.3 is 5.97 Å². The Morgan fingerprint density at radius 3 is 2.46 bits per heavy atom. The third-order valence-corrected chi connectivity index (χ3v) is 4.19. The van der Waals surface area contributed by atoms with Crippen LogP contribution in [0.25, 0.3) is 11.1 Å². The minimum atomic E-state index is -0.849. The van der Waals surface area contributed by atoms with Crippen LogP contribution in [-0.4, -0.2) is 27.7 Å². The lowest BCUT2D eigenvalue weighted by Crippen LogP contribution is -2.25. The molecule has 1 N–H and O–H groups in total. The zero-order chi connectivity index (χ0) is 18.7. The van der Waals surface area contributed by atoms with Gasteiger partial charge in [-0.25, -0.2) is 9.78 Å². The second-order valence-corrected chi connectivity index (χ2v) is 5.78. The Labute approximate surface area is 150 Å². The van der Waals surface area contributed by atoms with Gasteiger partial charge in [0.15, 0.2) is 5.69 Å². The van der Waals surface area contributed by atoms with Gasteiger partial charge in [-0.2, -0.15) is 0 Å². The lowest BCUT2D eigenvalue weighted by atomic mass is 9.97. The SMILES string of the molecule is COC(=O)c1nc(Cc2ccccc2-c2ccccc2)n(C)c(=O)c1O. The first-order valence-corrected chi connectivity index (χ1v) is 8.03. The van der Waals surface area contributed by atoms with E-state index in [1.54, 1.807) is 0 Å². The van der Waals surface area contributed by atoms with Crippen molar-refractivity contribution in [2.24, 2.45) is 7.05 Å². The lowest BCUT2D eigenvalue weighted by molar-refractivity contribution is 0.0589. The number of aromatic hydroxyl groups is 1. The molecule has 0 aliphatic heterocycles. The smallest absolute Gasteiger partial charge is 0.360 e. The monoisotopic (exact) mass is 350 g/mol. The third-order valence-electron chi connectivity index (χ3n) is 4.19. The summed E-state index contributed by atoms with van der Waals surface area (Å²) in [4.78, 5) is 28.2. The molecular formula is C20H18N2O4. The van der Waals surface area contributed by atoms with Crippen molar-refractivity contribution >= 4 is 5.97 Å². The third kappa shape index (κ3) is 3.21. The first-order valence-electron chi connectivity index (χ1n) is 8.03. The minimum absolute atomic E-state index is 0.321. The fraction of sp³-hybridized carbons (Fsp3) is 0.150. The number of aromatic nitrogens is 2. The summed E-state index contributed by atoms with van der Waals surface area (Å²) < 4.78 is 5.84. The number of hydrogen-bond acceptors (Lipinski definition) is 5. The molecule has 6 nitrogen and oxygen atoms in total. The summed E-state index contributed by atoms with van der Waals surface area (Å²) in [6.07, 6.45) is 0.321. The number of rotatable bonds is 4. The molecule has 2 aromatic carbocycles. The van der Waals surface area contributed by atoms with Crippen LogP contribution in [0.3, 0.4) is 0 Å². The molecule has 3 aromatic rings. The molecule has 3 rings (SSSR count). The minimum Gasteiger partial charge on any atom is -0.501 e. The maximum absolute atomic E-state index is 12.2. The van der Waals surface area contributed by atoms with Gasteiger partial charge in [-0.15, -0.1) is 0 Å². The van der Waals surface area contributed by atoms with E-state index in [1.807, 2.05) is 54.6 Å². The quantitative estimate of drug-likeness (QED) is 0.731. The van der Waals surface area contributed by atoms with Gasteiger partial charge < -0.3 is 9.84 Å². The van der Waals surface area contributed by atoms with Gasteiger partial charge in [0.25, 0.3) is 5.56 Å². The Kier molecular flexibility index (Phi) is 4.84. The van der Waals surface area contributed by atoms with Crippen molar-refractivity contribution in [3.8, 4) is 16.9 Å². The second kappa shape index (κ2) is 7.23. The predicted octanol–water partition coefficient (Wildman–Crippen LogP) is 2.53. The number of carbonyl (C=O) groups excluding carboxylic acids is 1. The van der Waals surface area contributed by atoms with Gasteiger partial charge in [-0.1, -0.05) is 54.6 Å². The average Bonchev–Trinajstić information content (AvgIpc) is 2.69. The van der Waals surface area contributed by atoms with Gasteiger partial charge in [-0.05, 0) is 16.7 Å². The average molecular weight is 350 g/mol. The van der Waals surface area contributed by atoms with E-state index in [2.05, 4.69) is 9.72 Å². The van der Waals surface area contributed by atoms with E-state index in [9.17, 15) is 14.7 Å². The van der Waals surface area contributed by atoms with E-state index in [-0.39, 0.29) is 5.69 Å². The van der Waals surface area contributed by atoms with Crippen molar-refractivity contribution in [1.29, 1.82) is 0 Å². The van der Waals surface area contributed by atoms with Crippen molar-refractivity contribution < 1.29 is 14.6 Å². The largest absolute Gasteiger partial charge is 0.501 e. The van der Waals surface area contributed by atoms with Crippen molar-refractivity contribution in [2.45, 2.75) is 6.42 Å². The Hall–Kier alpha value is -3.41. The molecular weight excluding hydrogens is 332 g/mol. The van der Waals surface area contributed by atoms with Gasteiger partial charge in [0.2, 0.25) is 5.75 Å². The van der Waals surface area contributed by atoms with E-state index in [1.165, 1.54) is 18.7 Å². The molecule has 0 atom stereocenters. The molecule has 0 radical (unpaired) electrons. The van der Waals surface area contributed by atoms with E-state index in [4.69, 9.17) is 0 Å². The molecule has 0 bridgehead atoms. The fourth-order valence-electron chi connectivity index (χ4n) is 2.78. The number of methoxy groups -OCH3 is 1. The Morgan fingerprint density at radius 1 is 1.12 bits per heavy atom. The van der Waals surface area contributed by atoms with Crippen LogP contribution < -0.4 is 5.56 Å². The number of hydrogen-bond donors (Lipinski definition) is 1. The first-order chi connectivity index (χ1) is 12.5. The van der Waals surface area contributed by atoms with Crippen LogP contribution in [0.1, 0.15) is 21.9 Å². The summed E-state index contributed by atoms with van der Waals surface area (Å²) in [5.74, 6) is -1.20. The van der Waals surface area contributed by atoms with E-state index >= 15 is 0 Å². The summed E-state index contributed by atoms with van der Waals surface area (Å²) in [5, 5.41) is 9.91. The summed E-state index contributed by atoms with van der Waals surface area (Å²) in [5.41, 5.74) is 1.94. The molecule has 26 heavy (non-hydrogen) atoms. The highest BCUT2D eigenvalue weighted by Crippen LogP contribution is 2.25. The molecule has 0 saturated heterocycles. The number of esters is 1. The molecule has 0 aliphatic carbocycles. The molecule has 1 heterocycles. The maximum atomic E-state index is 12.2. The maximum Gasteiger partial charge on any atom is 0.360 e. The van der Waals surface area contributed by atoms with Crippen molar-refractivity contribution in [3.63, 3.8) is 0 Å². The van der Waals surface area contributed by atoms with Crippen LogP contribution >= 0.6 is 0 Å². The van der Waals surface area contributed by atoms with Crippen molar-refractivity contribution in [1.82, 2.24) is 9.55 Å². The van der Waals surface area contributed by atoms with Gasteiger partial charge in [-0.3, -0.25) is 9.36 Å². The molecule has 0 spiro atoms. The number of carbonyl (C=O) groups is 1. The summed E-state index contributed by atoms with van der Waals surface area (Å²) in [6.45, 7) is 0. The number of ether oxygens (including phenoxy) is 1. The summed E-state index contributed by atoms with van der Waals surface area (Å²) in [7, 11) is 2.68. The molecule has 0 fully saturated rings. The van der Waals surface area contributed by atoms with Gasteiger partial charge in [0.1, 0.15) is 5.82 Å². The summed E-state index contributed by atoms with van der Waals surface area (Å²) in [6, 6.07) is 17.6. The van der Waals surface area contributed by atoms with Crippen LogP contribution in [0.5, 0.6) is 5.75 Å². The van der Waals surface area contributed by atoms with E-state index < -0.39 is 17.3 Å². The van der Waals surface area contributed by atoms with E-state index in [0.29, 0.717) is 12.2 Å². The number of nitrogens with zero attached hydrogens (tertiary/aromatic N) is 2. The van der Waals surface area contributed by atoms with Crippen molar-refractivity contribution in [3.05, 3.63) is 82.0 Å². The van der Waals surface area contributed by atoms with Gasteiger partial charge in [0.05, 0.1) is 7.11 Å². The van der Waals surface area contributed by atoms with Crippen LogP contribution in [0, 0.1) is 0 Å². The molecule has 0 unspecified atom stereocenters. The molecule has 0 amide bonds. The standard InChI is InChI=1S/C20H18N2O4/c1-22-16(21-17(20(25)26-2)18(23)19(22)24)12-14-10-6-7-11-15(14)13-8-4-3-5-9-13/h3-11,23H,12H2,1-2H3. The van der Waals surface area contributed by atoms with Crippen LogP contribution in [0.4, 0.5) is 0 Å². The summed E-state index contributed by atoms with van der Waals surface area (Å²) >= 11 is 0. The molecule has 0 saturated carbocycles. The number of benzene rings is 2. The van der Waals surface area contributed by atoms with Crippen molar-refractivity contribution in [2.75, 3.05) is 7.11 Å². The topological polar surface area (TPSA) is 81.4 Å². The van der Waals surface area contributed by atoms with E-state index in [0.717, 1.165) is 16.7 Å². The molecule has 1 aromatic heterocycles. The fourth-order valence-corrected chi connectivity index (χ4v) is 2.78. The Bertz CT molecular complexity index is 1010. The normalized spacial score (nSPS) is 10.5. The molecule has 6 heteroatoms.